The van der Waals surface area contributed by atoms with Crippen LogP contribution in [0.2, 0.25) is 0 Å². The van der Waals surface area contributed by atoms with Crippen molar-refractivity contribution in [2.24, 2.45) is 5.10 Å². The van der Waals surface area contributed by atoms with Crippen molar-refractivity contribution in [1.82, 2.24) is 10.7 Å². The summed E-state index contributed by atoms with van der Waals surface area (Å²) < 4.78 is 0. The lowest BCUT2D eigenvalue weighted by Crippen LogP contribution is -2.31. The molecule has 0 atom stereocenters. The highest BCUT2D eigenvalue weighted by atomic mass is 32.1. The maximum Gasteiger partial charge on any atom is 0.186 e. The van der Waals surface area contributed by atoms with Crippen molar-refractivity contribution in [2.45, 2.75) is 20.8 Å². The number of benzene rings is 1. The van der Waals surface area contributed by atoms with Gasteiger partial charge in [-0.25, -0.2) is 0 Å². The number of likely N-dealkylation sites (N-methyl/N-ethyl adjacent to an activating group) is 1. The van der Waals surface area contributed by atoms with Crippen molar-refractivity contribution in [1.29, 1.82) is 0 Å². The number of nitrogens with zero attached hydrogens (tertiary/aromatic N) is 2. The van der Waals surface area contributed by atoms with Crippen LogP contribution < -0.4 is 15.6 Å². The molecule has 0 unspecified atom stereocenters. The molecule has 6 heteroatoms. The van der Waals surface area contributed by atoms with Crippen molar-refractivity contribution >= 4 is 29.2 Å². The van der Waals surface area contributed by atoms with Gasteiger partial charge >= 0.3 is 0 Å². The number of hydrazone groups is 1. The number of hydrogen-bond acceptors (Lipinski definition) is 4. The molecule has 0 saturated carbocycles. The summed E-state index contributed by atoms with van der Waals surface area (Å²) in [7, 11) is 0. The van der Waals surface area contributed by atoms with Crippen molar-refractivity contribution in [2.75, 3.05) is 31.1 Å². The van der Waals surface area contributed by atoms with Crippen LogP contribution in [0.15, 0.2) is 23.3 Å². The summed E-state index contributed by atoms with van der Waals surface area (Å²) in [5.41, 5.74) is 6.04. The number of thiocarbonyl (C=S) groups is 1. The largest absolute Gasteiger partial charge is 0.395 e. The van der Waals surface area contributed by atoms with E-state index in [4.69, 9.17) is 17.3 Å². The summed E-state index contributed by atoms with van der Waals surface area (Å²) in [6.07, 6.45) is 1.76. The first-order chi connectivity index (χ1) is 10.1. The molecule has 1 rings (SSSR count). The van der Waals surface area contributed by atoms with Gasteiger partial charge < -0.3 is 15.3 Å². The molecule has 0 spiro atoms. The van der Waals surface area contributed by atoms with E-state index in [1.54, 1.807) is 6.21 Å². The Morgan fingerprint density at radius 3 is 2.76 bits per heavy atom. The van der Waals surface area contributed by atoms with Crippen LogP contribution in [0.3, 0.4) is 0 Å². The fourth-order valence-electron chi connectivity index (χ4n) is 1.95. The Balaban J connectivity index is 2.74. The van der Waals surface area contributed by atoms with Gasteiger partial charge in [0, 0.05) is 25.3 Å². The van der Waals surface area contributed by atoms with Gasteiger partial charge in [-0.3, -0.25) is 5.43 Å². The first-order valence-electron chi connectivity index (χ1n) is 7.15. The van der Waals surface area contributed by atoms with E-state index in [-0.39, 0.29) is 6.61 Å². The van der Waals surface area contributed by atoms with Gasteiger partial charge in [0.1, 0.15) is 0 Å². The summed E-state index contributed by atoms with van der Waals surface area (Å²) >= 11 is 5.03. The minimum absolute atomic E-state index is 0.155. The lowest BCUT2D eigenvalue weighted by atomic mass is 10.1. The molecular weight excluding hydrogens is 284 g/mol. The maximum atomic E-state index is 9.08. The third kappa shape index (κ3) is 5.69. The van der Waals surface area contributed by atoms with Gasteiger partial charge in [-0.2, -0.15) is 5.10 Å². The molecule has 0 radical (unpaired) electrons. The van der Waals surface area contributed by atoms with Crippen molar-refractivity contribution in [3.63, 3.8) is 0 Å². The van der Waals surface area contributed by atoms with E-state index in [1.165, 1.54) is 0 Å². The van der Waals surface area contributed by atoms with Crippen LogP contribution in [-0.4, -0.2) is 42.7 Å². The van der Waals surface area contributed by atoms with Crippen LogP contribution in [0, 0.1) is 6.92 Å². The topological polar surface area (TPSA) is 59.9 Å². The molecule has 5 nitrogen and oxygen atoms in total. The maximum absolute atomic E-state index is 9.08. The predicted octanol–water partition coefficient (Wildman–Crippen LogP) is 1.63. The highest BCUT2D eigenvalue weighted by Gasteiger charge is 2.05. The van der Waals surface area contributed by atoms with Crippen LogP contribution in [0.5, 0.6) is 0 Å². The molecule has 116 valence electrons. The quantitative estimate of drug-likeness (QED) is 0.406. The van der Waals surface area contributed by atoms with E-state index in [0.717, 1.165) is 29.9 Å². The third-order valence-corrected chi connectivity index (χ3v) is 3.31. The van der Waals surface area contributed by atoms with Gasteiger partial charge in [-0.05, 0) is 56.2 Å². The zero-order chi connectivity index (χ0) is 15.7. The number of hydrogen-bond donors (Lipinski definition) is 3. The molecule has 0 saturated heterocycles. The van der Waals surface area contributed by atoms with Gasteiger partial charge in [0.15, 0.2) is 5.11 Å². The van der Waals surface area contributed by atoms with E-state index in [2.05, 4.69) is 33.7 Å². The summed E-state index contributed by atoms with van der Waals surface area (Å²) in [6, 6.07) is 6.16. The van der Waals surface area contributed by atoms with Crippen LogP contribution in [0.25, 0.3) is 0 Å². The number of aliphatic hydroxyl groups is 1. The highest BCUT2D eigenvalue weighted by Crippen LogP contribution is 2.18. The van der Waals surface area contributed by atoms with Gasteiger partial charge in [0.25, 0.3) is 0 Å². The van der Waals surface area contributed by atoms with Gasteiger partial charge in [0.05, 0.1) is 12.8 Å². The molecule has 1 aromatic rings. The van der Waals surface area contributed by atoms with Gasteiger partial charge in [0.2, 0.25) is 0 Å². The molecule has 0 aromatic heterocycles. The zero-order valence-electron chi connectivity index (χ0n) is 12.9. The Morgan fingerprint density at radius 1 is 1.43 bits per heavy atom. The normalized spacial score (nSPS) is 10.7. The lowest BCUT2D eigenvalue weighted by molar-refractivity contribution is 0.302. The monoisotopic (exact) mass is 308 g/mol. The highest BCUT2D eigenvalue weighted by molar-refractivity contribution is 7.80. The Hall–Kier alpha value is -1.66. The van der Waals surface area contributed by atoms with Crippen LogP contribution in [-0.2, 0) is 0 Å². The molecule has 0 heterocycles. The lowest BCUT2D eigenvalue weighted by Gasteiger charge is -2.22. The number of aliphatic hydroxyl groups excluding tert-OH is 1. The summed E-state index contributed by atoms with van der Waals surface area (Å²) in [6.45, 7) is 8.53. The molecule has 21 heavy (non-hydrogen) atoms. The number of aryl methyl sites for hydroxylation is 1. The van der Waals surface area contributed by atoms with Crippen LogP contribution >= 0.6 is 12.2 Å². The minimum atomic E-state index is 0.155. The zero-order valence-corrected chi connectivity index (χ0v) is 13.7. The van der Waals surface area contributed by atoms with Crippen LogP contribution in [0.1, 0.15) is 25.0 Å². The van der Waals surface area contributed by atoms with Crippen molar-refractivity contribution in [3.05, 3.63) is 29.3 Å². The molecule has 1 aromatic carbocycles. The SMILES string of the molecule is CCNC(=S)N/N=C\c1ccc(N(CC)CCO)cc1C. The Morgan fingerprint density at radius 2 is 2.19 bits per heavy atom. The second-order valence-electron chi connectivity index (χ2n) is 4.57. The fourth-order valence-corrected chi connectivity index (χ4v) is 2.15. The minimum Gasteiger partial charge on any atom is -0.395 e. The average molecular weight is 308 g/mol. The predicted molar refractivity (Wildman–Crippen MR) is 93.2 cm³/mol. The first kappa shape index (κ1) is 17.4. The standard InChI is InChI=1S/C15H24N4OS/c1-4-16-15(21)18-17-11-13-6-7-14(10-12(13)3)19(5-2)8-9-20/h6-7,10-11,20H,4-5,8-9H2,1-3H3,(H2,16,18,21)/b17-11-. The van der Waals surface area contributed by atoms with E-state index in [9.17, 15) is 0 Å². The van der Waals surface area contributed by atoms with E-state index >= 15 is 0 Å². The van der Waals surface area contributed by atoms with E-state index < -0.39 is 0 Å². The van der Waals surface area contributed by atoms with Gasteiger partial charge in [-0.15, -0.1) is 0 Å². The molecule has 0 aliphatic rings. The van der Waals surface area contributed by atoms with Crippen molar-refractivity contribution < 1.29 is 5.11 Å². The van der Waals surface area contributed by atoms with E-state index in [0.29, 0.717) is 11.7 Å². The molecular formula is C15H24N4OS. The average Bonchev–Trinajstić information content (AvgIpc) is 2.46. The Kier molecular flexibility index (Phi) is 7.71. The fraction of sp³-hybridized carbons (Fsp3) is 0.467. The number of anilines is 1. The molecule has 0 fully saturated rings. The number of rotatable bonds is 7. The second kappa shape index (κ2) is 9.31. The molecule has 3 N–H and O–H groups in total. The Labute approximate surface area is 132 Å². The smallest absolute Gasteiger partial charge is 0.186 e. The van der Waals surface area contributed by atoms with Gasteiger partial charge in [-0.1, -0.05) is 6.07 Å². The Bertz CT molecular complexity index is 491. The molecule has 0 amide bonds. The molecule has 0 aliphatic carbocycles. The third-order valence-electron chi connectivity index (χ3n) is 3.08. The first-order valence-corrected chi connectivity index (χ1v) is 7.56. The summed E-state index contributed by atoms with van der Waals surface area (Å²) in [5.74, 6) is 0. The van der Waals surface area contributed by atoms with Crippen LogP contribution in [0.4, 0.5) is 5.69 Å². The summed E-state index contributed by atoms with van der Waals surface area (Å²) in [5, 5.41) is 16.7. The number of nitrogens with one attached hydrogen (secondary N) is 2. The second-order valence-corrected chi connectivity index (χ2v) is 4.98. The molecule has 0 bridgehead atoms. The van der Waals surface area contributed by atoms with Crippen molar-refractivity contribution in [3.8, 4) is 0 Å². The van der Waals surface area contributed by atoms with E-state index in [1.807, 2.05) is 26.0 Å². The molecule has 0 aliphatic heterocycles. The summed E-state index contributed by atoms with van der Waals surface area (Å²) in [4.78, 5) is 2.13.